The summed E-state index contributed by atoms with van der Waals surface area (Å²) in [6.07, 6.45) is 4.78. The molecule has 0 bridgehead atoms. The Kier molecular flexibility index (Phi) is 6.89. The number of halogens is 1. The summed E-state index contributed by atoms with van der Waals surface area (Å²) in [5.41, 5.74) is 6.80. The third-order valence-corrected chi connectivity index (χ3v) is 2.98. The Morgan fingerprint density at radius 1 is 1.37 bits per heavy atom. The van der Waals surface area contributed by atoms with Crippen LogP contribution in [0.5, 0.6) is 0 Å². The highest BCUT2D eigenvalue weighted by atomic mass is 19.1. The largest absolute Gasteiger partial charge is 0.409 e. The van der Waals surface area contributed by atoms with Gasteiger partial charge >= 0.3 is 0 Å². The molecular weight excluding hydrogens is 245 g/mol. The molecule has 0 radical (unpaired) electrons. The molecule has 1 aromatic rings. The van der Waals surface area contributed by atoms with Crippen molar-refractivity contribution in [1.82, 2.24) is 5.32 Å². The average Bonchev–Trinajstić information content (AvgIpc) is 2.43. The lowest BCUT2D eigenvalue weighted by Gasteiger charge is -2.10. The van der Waals surface area contributed by atoms with E-state index in [-0.39, 0.29) is 5.84 Å². The molecule has 4 nitrogen and oxygen atoms in total. The highest BCUT2D eigenvalue weighted by Gasteiger charge is 2.08. The summed E-state index contributed by atoms with van der Waals surface area (Å²) in [6, 6.07) is 4.31. The lowest BCUT2D eigenvalue weighted by atomic mass is 10.1. The Bertz CT molecular complexity index is 421. The Morgan fingerprint density at radius 2 is 2.16 bits per heavy atom. The predicted molar refractivity (Wildman–Crippen MR) is 74.8 cm³/mol. The second kappa shape index (κ2) is 8.48. The third-order valence-electron chi connectivity index (χ3n) is 2.98. The van der Waals surface area contributed by atoms with Gasteiger partial charge < -0.3 is 16.3 Å². The number of nitrogens with zero attached hydrogens (tertiary/aromatic N) is 1. The molecule has 0 unspecified atom stereocenters. The van der Waals surface area contributed by atoms with Crippen molar-refractivity contribution in [3.63, 3.8) is 0 Å². The van der Waals surface area contributed by atoms with Gasteiger partial charge in [-0.3, -0.25) is 0 Å². The second-order valence-corrected chi connectivity index (χ2v) is 4.52. The second-order valence-electron chi connectivity index (χ2n) is 4.52. The highest BCUT2D eigenvalue weighted by Crippen LogP contribution is 2.11. The molecule has 0 atom stereocenters. The van der Waals surface area contributed by atoms with Crippen molar-refractivity contribution in [3.05, 3.63) is 35.1 Å². The molecule has 19 heavy (non-hydrogen) atoms. The summed E-state index contributed by atoms with van der Waals surface area (Å²) in [5.74, 6) is -0.462. The SMILES string of the molecule is CCCCCCNCc1ccc(F)cc1C(N)=NO. The summed E-state index contributed by atoms with van der Waals surface area (Å²) in [5, 5.41) is 14.9. The van der Waals surface area contributed by atoms with Crippen molar-refractivity contribution in [2.24, 2.45) is 10.9 Å². The van der Waals surface area contributed by atoms with E-state index < -0.39 is 5.82 Å². The number of nitrogens with one attached hydrogen (secondary N) is 1. The minimum absolute atomic E-state index is 0.0673. The molecule has 0 heterocycles. The summed E-state index contributed by atoms with van der Waals surface area (Å²) < 4.78 is 13.2. The maximum absolute atomic E-state index is 13.2. The molecule has 0 aliphatic heterocycles. The van der Waals surface area contributed by atoms with Gasteiger partial charge in [0.05, 0.1) is 0 Å². The molecule has 0 aromatic heterocycles. The van der Waals surface area contributed by atoms with Crippen molar-refractivity contribution in [3.8, 4) is 0 Å². The first kappa shape index (κ1) is 15.4. The minimum atomic E-state index is -0.395. The number of oxime groups is 1. The molecule has 106 valence electrons. The van der Waals surface area contributed by atoms with Gasteiger partial charge in [-0.15, -0.1) is 0 Å². The van der Waals surface area contributed by atoms with Gasteiger partial charge in [0.1, 0.15) is 5.82 Å². The molecule has 0 amide bonds. The van der Waals surface area contributed by atoms with Gasteiger partial charge in [0.25, 0.3) is 0 Å². The monoisotopic (exact) mass is 267 g/mol. The number of amidine groups is 1. The fourth-order valence-corrected chi connectivity index (χ4v) is 1.89. The molecule has 4 N–H and O–H groups in total. The van der Waals surface area contributed by atoms with Crippen molar-refractivity contribution in [2.75, 3.05) is 6.54 Å². The fraction of sp³-hybridized carbons (Fsp3) is 0.500. The van der Waals surface area contributed by atoms with Gasteiger partial charge in [-0.2, -0.15) is 0 Å². The molecule has 0 saturated heterocycles. The standard InChI is InChI=1S/C14H22FN3O/c1-2-3-4-5-8-17-10-11-6-7-12(15)9-13(11)14(16)18-19/h6-7,9,17,19H,2-5,8,10H2,1H3,(H2,16,18). The molecule has 0 aliphatic rings. The Balaban J connectivity index is 2.53. The van der Waals surface area contributed by atoms with Gasteiger partial charge in [-0.05, 0) is 30.7 Å². The lowest BCUT2D eigenvalue weighted by molar-refractivity contribution is 0.318. The van der Waals surface area contributed by atoms with E-state index in [1.165, 1.54) is 31.4 Å². The van der Waals surface area contributed by atoms with E-state index in [9.17, 15) is 4.39 Å². The Hall–Kier alpha value is -1.62. The van der Waals surface area contributed by atoms with Crippen molar-refractivity contribution in [1.29, 1.82) is 0 Å². The zero-order chi connectivity index (χ0) is 14.1. The van der Waals surface area contributed by atoms with Crippen LogP contribution < -0.4 is 11.1 Å². The summed E-state index contributed by atoms with van der Waals surface area (Å²) in [6.45, 7) is 3.67. The quantitative estimate of drug-likeness (QED) is 0.223. The molecular formula is C14H22FN3O. The Morgan fingerprint density at radius 3 is 2.84 bits per heavy atom. The van der Waals surface area contributed by atoms with E-state index in [0.717, 1.165) is 18.5 Å². The van der Waals surface area contributed by atoms with Gasteiger partial charge in [-0.1, -0.05) is 37.4 Å². The van der Waals surface area contributed by atoms with E-state index in [4.69, 9.17) is 10.9 Å². The smallest absolute Gasteiger partial charge is 0.170 e. The first-order chi connectivity index (χ1) is 9.19. The van der Waals surface area contributed by atoms with Crippen molar-refractivity contribution in [2.45, 2.75) is 39.2 Å². The molecule has 5 heteroatoms. The number of benzene rings is 1. The van der Waals surface area contributed by atoms with Gasteiger partial charge in [0.15, 0.2) is 5.84 Å². The number of nitrogens with two attached hydrogens (primary N) is 1. The topological polar surface area (TPSA) is 70.6 Å². The zero-order valence-electron chi connectivity index (χ0n) is 11.3. The molecule has 1 rings (SSSR count). The average molecular weight is 267 g/mol. The van der Waals surface area contributed by atoms with E-state index in [2.05, 4.69) is 17.4 Å². The Labute approximate surface area is 113 Å². The first-order valence-corrected chi connectivity index (χ1v) is 6.66. The van der Waals surface area contributed by atoms with Crippen LogP contribution >= 0.6 is 0 Å². The van der Waals surface area contributed by atoms with Gasteiger partial charge in [0, 0.05) is 12.1 Å². The maximum Gasteiger partial charge on any atom is 0.170 e. The van der Waals surface area contributed by atoms with Crippen LogP contribution in [0.3, 0.4) is 0 Å². The molecule has 0 spiro atoms. The molecule has 1 aromatic carbocycles. The summed E-state index contributed by atoms with van der Waals surface area (Å²) in [7, 11) is 0. The summed E-state index contributed by atoms with van der Waals surface area (Å²) in [4.78, 5) is 0. The normalized spacial score (nSPS) is 11.8. The first-order valence-electron chi connectivity index (χ1n) is 6.66. The molecule has 0 fully saturated rings. The van der Waals surface area contributed by atoms with Crippen molar-refractivity contribution < 1.29 is 9.60 Å². The van der Waals surface area contributed by atoms with E-state index in [1.54, 1.807) is 6.07 Å². The maximum atomic E-state index is 13.2. The summed E-state index contributed by atoms with van der Waals surface area (Å²) >= 11 is 0. The van der Waals surface area contributed by atoms with Crippen LogP contribution in [0.25, 0.3) is 0 Å². The molecule has 0 saturated carbocycles. The number of hydrogen-bond donors (Lipinski definition) is 3. The van der Waals surface area contributed by atoms with Crippen LogP contribution in [0.2, 0.25) is 0 Å². The fourth-order valence-electron chi connectivity index (χ4n) is 1.89. The minimum Gasteiger partial charge on any atom is -0.409 e. The van der Waals surface area contributed by atoms with Gasteiger partial charge in [-0.25, -0.2) is 4.39 Å². The van der Waals surface area contributed by atoms with Crippen LogP contribution in [-0.4, -0.2) is 17.6 Å². The van der Waals surface area contributed by atoms with Crippen molar-refractivity contribution >= 4 is 5.84 Å². The number of hydrogen-bond acceptors (Lipinski definition) is 3. The predicted octanol–water partition coefficient (Wildman–Crippen LogP) is 2.59. The van der Waals surface area contributed by atoms with Crippen LogP contribution in [0, 0.1) is 5.82 Å². The lowest BCUT2D eigenvalue weighted by Crippen LogP contribution is -2.21. The zero-order valence-corrected chi connectivity index (χ0v) is 11.3. The van der Waals surface area contributed by atoms with Crippen LogP contribution in [0.4, 0.5) is 4.39 Å². The molecule has 0 aliphatic carbocycles. The van der Waals surface area contributed by atoms with Crippen LogP contribution in [-0.2, 0) is 6.54 Å². The van der Waals surface area contributed by atoms with E-state index in [1.807, 2.05) is 0 Å². The van der Waals surface area contributed by atoms with Crippen LogP contribution in [0.15, 0.2) is 23.4 Å². The number of unbranched alkanes of at least 4 members (excludes halogenated alkanes) is 3. The third kappa shape index (κ3) is 5.26. The van der Waals surface area contributed by atoms with E-state index >= 15 is 0 Å². The van der Waals surface area contributed by atoms with Crippen LogP contribution in [0.1, 0.15) is 43.7 Å². The number of rotatable bonds is 8. The van der Waals surface area contributed by atoms with E-state index in [0.29, 0.717) is 12.1 Å². The van der Waals surface area contributed by atoms with Gasteiger partial charge in [0.2, 0.25) is 0 Å². The highest BCUT2D eigenvalue weighted by molar-refractivity contribution is 5.98.